The molecule has 0 bridgehead atoms. The molecule has 0 aliphatic carbocycles. The van der Waals surface area contributed by atoms with Crippen molar-refractivity contribution >= 4 is 11.8 Å². The summed E-state index contributed by atoms with van der Waals surface area (Å²) in [6, 6.07) is 1.51. The highest BCUT2D eigenvalue weighted by molar-refractivity contribution is 5.92. The molecule has 0 aliphatic heterocycles. The summed E-state index contributed by atoms with van der Waals surface area (Å²) in [5.41, 5.74) is 5.44. The van der Waals surface area contributed by atoms with Gasteiger partial charge in [-0.1, -0.05) is 0 Å². The number of anilines is 1. The fraction of sp³-hybridized carbons (Fsp3) is 0.167. The van der Waals surface area contributed by atoms with Gasteiger partial charge in [0.25, 0.3) is 0 Å². The van der Waals surface area contributed by atoms with Crippen molar-refractivity contribution in [3.05, 3.63) is 41.1 Å². The van der Waals surface area contributed by atoms with Gasteiger partial charge in [0.1, 0.15) is 11.6 Å². The number of benzene rings is 1. The quantitative estimate of drug-likeness (QED) is 0.676. The minimum atomic E-state index is -1.58. The molecule has 0 fully saturated rings. The Labute approximate surface area is 111 Å². The number of halogens is 3. The van der Waals surface area contributed by atoms with E-state index in [0.29, 0.717) is 0 Å². The van der Waals surface area contributed by atoms with Crippen molar-refractivity contribution in [1.82, 2.24) is 9.55 Å². The predicted octanol–water partition coefficient (Wildman–Crippen LogP) is 1.97. The van der Waals surface area contributed by atoms with E-state index in [1.165, 1.54) is 6.92 Å². The number of hydrogen-bond acceptors (Lipinski definition) is 4. The first-order valence-electron chi connectivity index (χ1n) is 5.44. The topological polar surface area (TPSA) is 70.1 Å². The Hall–Kier alpha value is -2.51. The van der Waals surface area contributed by atoms with Crippen molar-refractivity contribution < 1.29 is 22.7 Å². The van der Waals surface area contributed by atoms with Gasteiger partial charge >= 0.3 is 5.97 Å². The average Bonchev–Trinajstić information content (AvgIpc) is 2.70. The molecular formula is C12H10F3N3O2. The second kappa shape index (κ2) is 4.87. The number of rotatable bonds is 2. The summed E-state index contributed by atoms with van der Waals surface area (Å²) in [6.07, 6.45) is 0. The number of imidazole rings is 1. The number of hydrogen-bond donors (Lipinski definition) is 1. The second-order valence-electron chi connectivity index (χ2n) is 3.94. The van der Waals surface area contributed by atoms with E-state index in [1.54, 1.807) is 0 Å². The second-order valence-corrected chi connectivity index (χ2v) is 3.94. The molecule has 0 spiro atoms. The van der Waals surface area contributed by atoms with Crippen LogP contribution in [0.1, 0.15) is 16.3 Å². The van der Waals surface area contributed by atoms with E-state index in [4.69, 9.17) is 5.73 Å². The van der Waals surface area contributed by atoms with Crippen LogP contribution in [0.15, 0.2) is 12.1 Å². The van der Waals surface area contributed by atoms with E-state index in [2.05, 4.69) is 9.72 Å². The number of methoxy groups -OCH3 is 1. The lowest BCUT2D eigenvalue weighted by Crippen LogP contribution is -2.08. The van der Waals surface area contributed by atoms with E-state index in [9.17, 15) is 18.0 Å². The van der Waals surface area contributed by atoms with Crippen LogP contribution >= 0.6 is 0 Å². The number of ether oxygens (including phenoxy) is 1. The molecule has 0 saturated carbocycles. The number of aryl methyl sites for hydroxylation is 1. The van der Waals surface area contributed by atoms with Crippen LogP contribution in [-0.4, -0.2) is 22.6 Å². The molecule has 8 heteroatoms. The van der Waals surface area contributed by atoms with Gasteiger partial charge in [-0.2, -0.15) is 0 Å². The zero-order chi connectivity index (χ0) is 15.0. The Bertz CT molecular complexity index is 674. The lowest BCUT2D eigenvalue weighted by Gasteiger charge is -2.08. The molecule has 0 unspecified atom stereocenters. The van der Waals surface area contributed by atoms with Crippen LogP contribution in [0, 0.1) is 24.4 Å². The fourth-order valence-corrected chi connectivity index (χ4v) is 1.79. The highest BCUT2D eigenvalue weighted by Crippen LogP contribution is 2.24. The van der Waals surface area contributed by atoms with Gasteiger partial charge in [-0.3, -0.25) is 4.57 Å². The van der Waals surface area contributed by atoms with Crippen LogP contribution in [-0.2, 0) is 4.74 Å². The number of nitrogens with zero attached hydrogens (tertiary/aromatic N) is 2. The van der Waals surface area contributed by atoms with Crippen molar-refractivity contribution in [1.29, 1.82) is 0 Å². The summed E-state index contributed by atoms with van der Waals surface area (Å²) in [5, 5.41) is 0. The summed E-state index contributed by atoms with van der Waals surface area (Å²) < 4.78 is 45.0. The molecule has 5 nitrogen and oxygen atoms in total. The first kappa shape index (κ1) is 13.9. The summed E-state index contributed by atoms with van der Waals surface area (Å²) in [4.78, 5) is 15.3. The van der Waals surface area contributed by atoms with E-state index in [-0.39, 0.29) is 23.0 Å². The molecular weight excluding hydrogens is 275 g/mol. The lowest BCUT2D eigenvalue weighted by molar-refractivity contribution is 0.0596. The number of nitrogen functional groups attached to an aromatic ring is 1. The monoisotopic (exact) mass is 285 g/mol. The van der Waals surface area contributed by atoms with Crippen molar-refractivity contribution in [3.8, 4) is 5.69 Å². The van der Waals surface area contributed by atoms with E-state index < -0.39 is 23.4 Å². The van der Waals surface area contributed by atoms with Gasteiger partial charge in [0, 0.05) is 12.1 Å². The molecule has 106 valence electrons. The van der Waals surface area contributed by atoms with Crippen LogP contribution < -0.4 is 5.73 Å². The normalized spacial score (nSPS) is 10.7. The first-order valence-corrected chi connectivity index (χ1v) is 5.44. The van der Waals surface area contributed by atoms with Crippen LogP contribution in [0.3, 0.4) is 0 Å². The van der Waals surface area contributed by atoms with E-state index in [1.807, 2.05) is 0 Å². The SMILES string of the molecule is COC(=O)c1nc(C)n(-c2cc(F)c(F)c(F)c2)c1N. The smallest absolute Gasteiger partial charge is 0.360 e. The summed E-state index contributed by atoms with van der Waals surface area (Å²) >= 11 is 0. The summed E-state index contributed by atoms with van der Waals surface area (Å²) in [6.45, 7) is 1.47. The standard InChI is InChI=1S/C12H10F3N3O2/c1-5-17-10(12(19)20-2)11(16)18(5)6-3-7(13)9(15)8(14)4-6/h3-4H,16H2,1-2H3. The Morgan fingerprint density at radius 2 is 1.85 bits per heavy atom. The Kier molecular flexibility index (Phi) is 3.39. The van der Waals surface area contributed by atoms with Gasteiger partial charge in [-0.25, -0.2) is 22.9 Å². The van der Waals surface area contributed by atoms with Crippen molar-refractivity contribution in [3.63, 3.8) is 0 Å². The van der Waals surface area contributed by atoms with Gasteiger partial charge in [0.05, 0.1) is 12.8 Å². The number of carbonyl (C=O) groups is 1. The van der Waals surface area contributed by atoms with E-state index in [0.717, 1.165) is 23.8 Å². The minimum Gasteiger partial charge on any atom is -0.464 e. The van der Waals surface area contributed by atoms with Crippen molar-refractivity contribution in [2.75, 3.05) is 12.8 Å². The number of aromatic nitrogens is 2. The fourth-order valence-electron chi connectivity index (χ4n) is 1.79. The van der Waals surface area contributed by atoms with Gasteiger partial charge < -0.3 is 10.5 Å². The van der Waals surface area contributed by atoms with Gasteiger partial charge in [0.2, 0.25) is 0 Å². The molecule has 0 radical (unpaired) electrons. The summed E-state index contributed by atoms with van der Waals surface area (Å²) in [5.74, 6) is -5.06. The number of esters is 1. The summed E-state index contributed by atoms with van der Waals surface area (Å²) in [7, 11) is 1.15. The molecule has 0 aliphatic rings. The third-order valence-electron chi connectivity index (χ3n) is 2.69. The maximum Gasteiger partial charge on any atom is 0.360 e. The zero-order valence-corrected chi connectivity index (χ0v) is 10.6. The highest BCUT2D eigenvalue weighted by atomic mass is 19.2. The van der Waals surface area contributed by atoms with Crippen LogP contribution in [0.5, 0.6) is 0 Å². The molecule has 2 N–H and O–H groups in total. The Balaban J connectivity index is 2.65. The lowest BCUT2D eigenvalue weighted by atomic mass is 10.2. The van der Waals surface area contributed by atoms with Gasteiger partial charge in [-0.05, 0) is 6.92 Å². The molecule has 1 aromatic carbocycles. The molecule has 0 atom stereocenters. The first-order chi connectivity index (χ1) is 9.36. The van der Waals surface area contributed by atoms with E-state index >= 15 is 0 Å². The molecule has 2 rings (SSSR count). The molecule has 20 heavy (non-hydrogen) atoms. The maximum absolute atomic E-state index is 13.2. The third kappa shape index (κ3) is 2.09. The van der Waals surface area contributed by atoms with Crippen molar-refractivity contribution in [2.24, 2.45) is 0 Å². The average molecular weight is 285 g/mol. The zero-order valence-electron chi connectivity index (χ0n) is 10.6. The van der Waals surface area contributed by atoms with Crippen LogP contribution in [0.25, 0.3) is 5.69 Å². The Morgan fingerprint density at radius 1 is 1.30 bits per heavy atom. The minimum absolute atomic E-state index is 0.0842. The van der Waals surface area contributed by atoms with Gasteiger partial charge in [0.15, 0.2) is 23.1 Å². The third-order valence-corrected chi connectivity index (χ3v) is 2.69. The number of carbonyl (C=O) groups excluding carboxylic acids is 1. The maximum atomic E-state index is 13.2. The molecule has 1 aromatic heterocycles. The van der Waals surface area contributed by atoms with Gasteiger partial charge in [-0.15, -0.1) is 0 Å². The van der Waals surface area contributed by atoms with Crippen LogP contribution in [0.4, 0.5) is 19.0 Å². The predicted molar refractivity (Wildman–Crippen MR) is 63.9 cm³/mol. The van der Waals surface area contributed by atoms with Crippen LogP contribution in [0.2, 0.25) is 0 Å². The molecule has 0 saturated heterocycles. The van der Waals surface area contributed by atoms with Crippen molar-refractivity contribution in [2.45, 2.75) is 6.92 Å². The highest BCUT2D eigenvalue weighted by Gasteiger charge is 2.21. The Morgan fingerprint density at radius 3 is 2.35 bits per heavy atom. The molecule has 2 aromatic rings. The molecule has 0 amide bonds. The number of nitrogens with two attached hydrogens (primary N) is 1. The largest absolute Gasteiger partial charge is 0.464 e. The molecule has 1 heterocycles.